The predicted molar refractivity (Wildman–Crippen MR) is 86.4 cm³/mol. The molecule has 0 unspecified atom stereocenters. The van der Waals surface area contributed by atoms with Crippen molar-refractivity contribution in [3.63, 3.8) is 0 Å². The standard InChI is InChI=1S/C16H16BrNO3/c1-10-4-5-12(17)8-15(10)18-16(19)11-6-13(20-2)9-14(7-11)21-3/h4-9H,1-3H3,(H,18,19). The lowest BCUT2D eigenvalue weighted by Gasteiger charge is -2.11. The SMILES string of the molecule is COc1cc(OC)cc(C(=O)Nc2cc(Br)ccc2C)c1. The first kappa shape index (κ1) is 15.4. The van der Waals surface area contributed by atoms with Crippen LogP contribution in [-0.4, -0.2) is 20.1 Å². The zero-order chi connectivity index (χ0) is 15.4. The number of carbonyl (C=O) groups is 1. The van der Waals surface area contributed by atoms with E-state index in [1.807, 2.05) is 25.1 Å². The van der Waals surface area contributed by atoms with Crippen molar-refractivity contribution in [2.24, 2.45) is 0 Å². The molecule has 110 valence electrons. The van der Waals surface area contributed by atoms with E-state index in [2.05, 4.69) is 21.2 Å². The van der Waals surface area contributed by atoms with Gasteiger partial charge in [0.05, 0.1) is 14.2 Å². The molecular formula is C16H16BrNO3. The Morgan fingerprint density at radius 3 is 2.24 bits per heavy atom. The monoisotopic (exact) mass is 349 g/mol. The molecule has 1 amide bonds. The summed E-state index contributed by atoms with van der Waals surface area (Å²) >= 11 is 3.40. The minimum absolute atomic E-state index is 0.214. The molecule has 5 heteroatoms. The first-order valence-corrected chi connectivity index (χ1v) is 7.13. The number of hydrogen-bond acceptors (Lipinski definition) is 3. The summed E-state index contributed by atoms with van der Waals surface area (Å²) in [4.78, 5) is 12.4. The fourth-order valence-electron chi connectivity index (χ4n) is 1.86. The van der Waals surface area contributed by atoms with E-state index in [0.717, 1.165) is 15.7 Å². The van der Waals surface area contributed by atoms with Gasteiger partial charge in [0, 0.05) is 21.8 Å². The van der Waals surface area contributed by atoms with Gasteiger partial charge in [-0.2, -0.15) is 0 Å². The molecular weight excluding hydrogens is 334 g/mol. The maximum Gasteiger partial charge on any atom is 0.255 e. The Morgan fingerprint density at radius 2 is 1.67 bits per heavy atom. The topological polar surface area (TPSA) is 47.6 Å². The zero-order valence-corrected chi connectivity index (χ0v) is 13.7. The van der Waals surface area contributed by atoms with E-state index < -0.39 is 0 Å². The summed E-state index contributed by atoms with van der Waals surface area (Å²) in [6, 6.07) is 10.8. The molecule has 4 nitrogen and oxygen atoms in total. The van der Waals surface area contributed by atoms with E-state index in [1.165, 1.54) is 0 Å². The lowest BCUT2D eigenvalue weighted by Crippen LogP contribution is -2.13. The highest BCUT2D eigenvalue weighted by atomic mass is 79.9. The van der Waals surface area contributed by atoms with E-state index in [-0.39, 0.29) is 5.91 Å². The Morgan fingerprint density at radius 1 is 1.05 bits per heavy atom. The van der Waals surface area contributed by atoms with Gasteiger partial charge in [0.25, 0.3) is 5.91 Å². The van der Waals surface area contributed by atoms with E-state index in [0.29, 0.717) is 17.1 Å². The van der Waals surface area contributed by atoms with Gasteiger partial charge < -0.3 is 14.8 Å². The zero-order valence-electron chi connectivity index (χ0n) is 12.1. The van der Waals surface area contributed by atoms with Gasteiger partial charge in [-0.15, -0.1) is 0 Å². The van der Waals surface area contributed by atoms with Crippen LogP contribution in [0.25, 0.3) is 0 Å². The number of nitrogens with one attached hydrogen (secondary N) is 1. The van der Waals surface area contributed by atoms with Gasteiger partial charge in [-0.25, -0.2) is 0 Å². The van der Waals surface area contributed by atoms with Gasteiger partial charge >= 0.3 is 0 Å². The Bertz CT molecular complexity index is 648. The number of halogens is 1. The largest absolute Gasteiger partial charge is 0.497 e. The molecule has 0 aliphatic rings. The average Bonchev–Trinajstić information content (AvgIpc) is 2.50. The van der Waals surface area contributed by atoms with Crippen molar-refractivity contribution in [2.75, 3.05) is 19.5 Å². The van der Waals surface area contributed by atoms with Crippen LogP contribution >= 0.6 is 15.9 Å². The molecule has 2 aromatic rings. The molecule has 0 heterocycles. The third-order valence-corrected chi connectivity index (χ3v) is 3.55. The first-order valence-electron chi connectivity index (χ1n) is 6.34. The third-order valence-electron chi connectivity index (χ3n) is 3.06. The maximum atomic E-state index is 12.4. The average molecular weight is 350 g/mol. The number of amides is 1. The summed E-state index contributed by atoms with van der Waals surface area (Å²) in [6.45, 7) is 1.94. The van der Waals surface area contributed by atoms with Crippen molar-refractivity contribution in [1.29, 1.82) is 0 Å². The number of hydrogen-bond donors (Lipinski definition) is 1. The van der Waals surface area contributed by atoms with Gasteiger partial charge in [0.1, 0.15) is 11.5 Å². The molecule has 0 saturated carbocycles. The smallest absolute Gasteiger partial charge is 0.255 e. The Kier molecular flexibility index (Phi) is 4.85. The first-order chi connectivity index (χ1) is 10.0. The highest BCUT2D eigenvalue weighted by Crippen LogP contribution is 2.25. The predicted octanol–water partition coefficient (Wildman–Crippen LogP) is 4.03. The molecule has 0 aliphatic carbocycles. The van der Waals surface area contributed by atoms with Crippen LogP contribution in [0, 0.1) is 6.92 Å². The van der Waals surface area contributed by atoms with Crippen molar-refractivity contribution in [3.8, 4) is 11.5 Å². The van der Waals surface area contributed by atoms with Crippen LogP contribution in [0.1, 0.15) is 15.9 Å². The summed E-state index contributed by atoms with van der Waals surface area (Å²) in [5, 5.41) is 2.89. The van der Waals surface area contributed by atoms with Gasteiger partial charge in [-0.05, 0) is 36.8 Å². The second-order valence-corrected chi connectivity index (χ2v) is 5.43. The van der Waals surface area contributed by atoms with E-state index >= 15 is 0 Å². The number of methoxy groups -OCH3 is 2. The molecule has 1 N–H and O–H groups in total. The molecule has 0 aromatic heterocycles. The molecule has 0 atom stereocenters. The van der Waals surface area contributed by atoms with Crippen LogP contribution in [0.3, 0.4) is 0 Å². The van der Waals surface area contributed by atoms with Crippen molar-refractivity contribution in [3.05, 3.63) is 52.0 Å². The van der Waals surface area contributed by atoms with Crippen LogP contribution in [0.15, 0.2) is 40.9 Å². The Labute approximate surface area is 132 Å². The lowest BCUT2D eigenvalue weighted by atomic mass is 10.1. The van der Waals surface area contributed by atoms with E-state index in [4.69, 9.17) is 9.47 Å². The van der Waals surface area contributed by atoms with E-state index in [9.17, 15) is 4.79 Å². The number of anilines is 1. The third kappa shape index (κ3) is 3.76. The molecule has 0 spiro atoms. The van der Waals surface area contributed by atoms with Crippen LogP contribution in [-0.2, 0) is 0 Å². The van der Waals surface area contributed by atoms with Crippen LogP contribution in [0.4, 0.5) is 5.69 Å². The number of carbonyl (C=O) groups excluding carboxylic acids is 1. The molecule has 2 rings (SSSR count). The van der Waals surface area contributed by atoms with Crippen LogP contribution in [0.2, 0.25) is 0 Å². The van der Waals surface area contributed by atoms with Crippen molar-refractivity contribution in [1.82, 2.24) is 0 Å². The number of ether oxygens (including phenoxy) is 2. The quantitative estimate of drug-likeness (QED) is 0.906. The summed E-state index contributed by atoms with van der Waals surface area (Å²) in [5.41, 5.74) is 2.23. The van der Waals surface area contributed by atoms with Crippen LogP contribution < -0.4 is 14.8 Å². The second kappa shape index (κ2) is 6.63. The summed E-state index contributed by atoms with van der Waals surface area (Å²) in [6.07, 6.45) is 0. The molecule has 0 fully saturated rings. The van der Waals surface area contributed by atoms with Gasteiger partial charge in [0.2, 0.25) is 0 Å². The molecule has 21 heavy (non-hydrogen) atoms. The molecule has 2 aromatic carbocycles. The number of rotatable bonds is 4. The maximum absolute atomic E-state index is 12.4. The highest BCUT2D eigenvalue weighted by Gasteiger charge is 2.11. The number of benzene rings is 2. The molecule has 0 aliphatic heterocycles. The number of aryl methyl sites for hydroxylation is 1. The molecule has 0 radical (unpaired) electrons. The fourth-order valence-corrected chi connectivity index (χ4v) is 2.22. The summed E-state index contributed by atoms with van der Waals surface area (Å²) in [5.74, 6) is 0.935. The Balaban J connectivity index is 2.29. The van der Waals surface area contributed by atoms with Crippen molar-refractivity contribution >= 4 is 27.5 Å². The minimum Gasteiger partial charge on any atom is -0.497 e. The van der Waals surface area contributed by atoms with Crippen molar-refractivity contribution < 1.29 is 14.3 Å². The second-order valence-electron chi connectivity index (χ2n) is 4.51. The Hall–Kier alpha value is -2.01. The minimum atomic E-state index is -0.214. The van der Waals surface area contributed by atoms with Crippen LogP contribution in [0.5, 0.6) is 11.5 Å². The summed E-state index contributed by atoms with van der Waals surface area (Å²) in [7, 11) is 3.10. The van der Waals surface area contributed by atoms with Gasteiger partial charge in [-0.3, -0.25) is 4.79 Å². The van der Waals surface area contributed by atoms with E-state index in [1.54, 1.807) is 32.4 Å². The molecule has 0 saturated heterocycles. The normalized spacial score (nSPS) is 10.1. The highest BCUT2D eigenvalue weighted by molar-refractivity contribution is 9.10. The lowest BCUT2D eigenvalue weighted by molar-refractivity contribution is 0.102. The van der Waals surface area contributed by atoms with Gasteiger partial charge in [-0.1, -0.05) is 22.0 Å². The summed E-state index contributed by atoms with van der Waals surface area (Å²) < 4.78 is 11.3. The van der Waals surface area contributed by atoms with Gasteiger partial charge in [0.15, 0.2) is 0 Å². The molecule has 0 bridgehead atoms. The fraction of sp³-hybridized carbons (Fsp3) is 0.188. The van der Waals surface area contributed by atoms with Crippen molar-refractivity contribution in [2.45, 2.75) is 6.92 Å².